The first kappa shape index (κ1) is 11.7. The molecule has 1 atom stereocenters. The molecule has 2 aromatic rings. The summed E-state index contributed by atoms with van der Waals surface area (Å²) in [5.41, 5.74) is 1.00. The van der Waals surface area contributed by atoms with Crippen LogP contribution in [-0.4, -0.2) is 28.5 Å². The standard InChI is InChI=1S/C13H15N3OS/c1-9-15-13(16-17-9)10-2-4-11(5-3-10)18-12-6-7-14-8-12/h2-5,12,14H,6-8H2,1H3/t12-/m1/s1. The van der Waals surface area contributed by atoms with Gasteiger partial charge in [-0.15, -0.1) is 11.8 Å². The highest BCUT2D eigenvalue weighted by atomic mass is 32.2. The van der Waals surface area contributed by atoms with Crippen LogP contribution in [0.15, 0.2) is 33.7 Å². The summed E-state index contributed by atoms with van der Waals surface area (Å²) in [7, 11) is 0. The Balaban J connectivity index is 1.72. The van der Waals surface area contributed by atoms with Crippen molar-refractivity contribution in [1.82, 2.24) is 15.5 Å². The average Bonchev–Trinajstić information content (AvgIpc) is 3.02. The highest BCUT2D eigenvalue weighted by molar-refractivity contribution is 8.00. The lowest BCUT2D eigenvalue weighted by atomic mass is 10.2. The predicted octanol–water partition coefficient (Wildman–Crippen LogP) is 2.50. The summed E-state index contributed by atoms with van der Waals surface area (Å²) in [4.78, 5) is 5.52. The molecule has 94 valence electrons. The molecule has 5 heteroatoms. The van der Waals surface area contributed by atoms with Gasteiger partial charge in [-0.05, 0) is 37.2 Å². The summed E-state index contributed by atoms with van der Waals surface area (Å²) in [5.74, 6) is 1.26. The van der Waals surface area contributed by atoms with Crippen LogP contribution in [0.2, 0.25) is 0 Å². The number of hydrogen-bond acceptors (Lipinski definition) is 5. The lowest BCUT2D eigenvalue weighted by molar-refractivity contribution is 0.394. The van der Waals surface area contributed by atoms with Gasteiger partial charge in [0, 0.05) is 29.2 Å². The minimum absolute atomic E-state index is 0.598. The van der Waals surface area contributed by atoms with E-state index in [-0.39, 0.29) is 0 Å². The minimum Gasteiger partial charge on any atom is -0.339 e. The molecule has 1 saturated heterocycles. The molecule has 4 nitrogen and oxygen atoms in total. The monoisotopic (exact) mass is 261 g/mol. The number of nitrogens with one attached hydrogen (secondary N) is 1. The van der Waals surface area contributed by atoms with Crippen molar-refractivity contribution in [3.05, 3.63) is 30.2 Å². The first-order valence-electron chi connectivity index (χ1n) is 6.09. The van der Waals surface area contributed by atoms with Gasteiger partial charge >= 0.3 is 0 Å². The van der Waals surface area contributed by atoms with Crippen LogP contribution in [0, 0.1) is 6.92 Å². The van der Waals surface area contributed by atoms with Crippen LogP contribution in [0.5, 0.6) is 0 Å². The van der Waals surface area contributed by atoms with Crippen LogP contribution in [0.1, 0.15) is 12.3 Å². The van der Waals surface area contributed by atoms with Gasteiger partial charge in [-0.1, -0.05) is 5.16 Å². The Morgan fingerprint density at radius 2 is 2.17 bits per heavy atom. The van der Waals surface area contributed by atoms with Gasteiger partial charge in [0.1, 0.15) is 0 Å². The molecule has 1 aliphatic rings. The van der Waals surface area contributed by atoms with Gasteiger partial charge in [0.2, 0.25) is 11.7 Å². The molecule has 18 heavy (non-hydrogen) atoms. The van der Waals surface area contributed by atoms with Gasteiger partial charge in [0.15, 0.2) is 0 Å². The van der Waals surface area contributed by atoms with Crippen molar-refractivity contribution in [3.8, 4) is 11.4 Å². The number of aromatic nitrogens is 2. The van der Waals surface area contributed by atoms with E-state index in [0.29, 0.717) is 17.0 Å². The zero-order valence-corrected chi connectivity index (χ0v) is 11.0. The Morgan fingerprint density at radius 3 is 2.78 bits per heavy atom. The van der Waals surface area contributed by atoms with Crippen LogP contribution in [-0.2, 0) is 0 Å². The highest BCUT2D eigenvalue weighted by Gasteiger charge is 2.15. The maximum atomic E-state index is 4.98. The molecule has 1 fully saturated rings. The third kappa shape index (κ3) is 2.57. The molecular weight excluding hydrogens is 246 g/mol. The van der Waals surface area contributed by atoms with E-state index in [9.17, 15) is 0 Å². The molecular formula is C13H15N3OS. The molecule has 3 rings (SSSR count). The molecule has 0 unspecified atom stereocenters. The SMILES string of the molecule is Cc1nc(-c2ccc(S[C@@H]3CCNC3)cc2)no1. The van der Waals surface area contributed by atoms with Crippen molar-refractivity contribution >= 4 is 11.8 Å². The molecule has 1 aliphatic heterocycles. The van der Waals surface area contributed by atoms with Gasteiger partial charge in [-0.25, -0.2) is 0 Å². The number of thioether (sulfide) groups is 1. The Hall–Kier alpha value is -1.33. The van der Waals surface area contributed by atoms with Crippen LogP contribution >= 0.6 is 11.8 Å². The summed E-state index contributed by atoms with van der Waals surface area (Å²) in [5, 5.41) is 7.99. The van der Waals surface area contributed by atoms with Gasteiger partial charge in [0.25, 0.3) is 0 Å². The van der Waals surface area contributed by atoms with Crippen LogP contribution in [0.4, 0.5) is 0 Å². The lowest BCUT2D eigenvalue weighted by Crippen LogP contribution is -2.09. The third-order valence-corrected chi connectivity index (χ3v) is 4.24. The number of benzene rings is 1. The van der Waals surface area contributed by atoms with E-state index in [4.69, 9.17) is 4.52 Å². The summed E-state index contributed by atoms with van der Waals surface area (Å²) < 4.78 is 4.98. The molecule has 1 N–H and O–H groups in total. The predicted molar refractivity (Wildman–Crippen MR) is 71.6 cm³/mol. The van der Waals surface area contributed by atoms with E-state index in [1.54, 1.807) is 6.92 Å². The zero-order chi connectivity index (χ0) is 12.4. The van der Waals surface area contributed by atoms with Crippen molar-refractivity contribution in [3.63, 3.8) is 0 Å². The molecule has 1 aromatic carbocycles. The van der Waals surface area contributed by atoms with Gasteiger partial charge < -0.3 is 9.84 Å². The second-order valence-electron chi connectivity index (χ2n) is 4.39. The molecule has 0 aliphatic carbocycles. The maximum Gasteiger partial charge on any atom is 0.223 e. The van der Waals surface area contributed by atoms with E-state index in [0.717, 1.165) is 18.7 Å². The fourth-order valence-corrected chi connectivity index (χ4v) is 3.14. The van der Waals surface area contributed by atoms with Crippen molar-refractivity contribution in [2.24, 2.45) is 0 Å². The van der Waals surface area contributed by atoms with E-state index in [1.807, 2.05) is 11.8 Å². The fourth-order valence-electron chi connectivity index (χ4n) is 2.02. The highest BCUT2D eigenvalue weighted by Crippen LogP contribution is 2.28. The van der Waals surface area contributed by atoms with Crippen molar-refractivity contribution in [2.75, 3.05) is 13.1 Å². The number of aryl methyl sites for hydroxylation is 1. The van der Waals surface area contributed by atoms with Crippen molar-refractivity contribution < 1.29 is 4.52 Å². The first-order valence-corrected chi connectivity index (χ1v) is 6.97. The molecule has 0 bridgehead atoms. The van der Waals surface area contributed by atoms with Gasteiger partial charge in [0.05, 0.1) is 0 Å². The summed E-state index contributed by atoms with van der Waals surface area (Å²) in [6.45, 7) is 4.04. The second-order valence-corrected chi connectivity index (χ2v) is 5.77. The number of rotatable bonds is 3. The van der Waals surface area contributed by atoms with E-state index in [1.165, 1.54) is 11.3 Å². The molecule has 0 amide bonds. The second kappa shape index (κ2) is 5.12. The molecule has 0 radical (unpaired) electrons. The normalized spacial score (nSPS) is 19.3. The summed E-state index contributed by atoms with van der Waals surface area (Å²) in [6, 6.07) is 8.36. The maximum absolute atomic E-state index is 4.98. The Morgan fingerprint density at radius 1 is 1.33 bits per heavy atom. The first-order chi connectivity index (χ1) is 8.81. The molecule has 0 spiro atoms. The average molecular weight is 261 g/mol. The lowest BCUT2D eigenvalue weighted by Gasteiger charge is -2.07. The van der Waals surface area contributed by atoms with Gasteiger partial charge in [-0.3, -0.25) is 0 Å². The molecule has 1 aromatic heterocycles. The smallest absolute Gasteiger partial charge is 0.223 e. The number of hydrogen-bond donors (Lipinski definition) is 1. The quantitative estimate of drug-likeness (QED) is 0.920. The van der Waals surface area contributed by atoms with Crippen LogP contribution in [0.3, 0.4) is 0 Å². The number of nitrogens with zero attached hydrogens (tertiary/aromatic N) is 2. The summed E-state index contributed by atoms with van der Waals surface area (Å²) >= 11 is 1.93. The summed E-state index contributed by atoms with van der Waals surface area (Å²) in [6.07, 6.45) is 1.25. The Bertz CT molecular complexity index is 517. The molecule has 0 saturated carbocycles. The van der Waals surface area contributed by atoms with E-state index < -0.39 is 0 Å². The van der Waals surface area contributed by atoms with Gasteiger partial charge in [-0.2, -0.15) is 4.98 Å². The van der Waals surface area contributed by atoms with Crippen molar-refractivity contribution in [1.29, 1.82) is 0 Å². The molecule has 2 heterocycles. The third-order valence-electron chi connectivity index (χ3n) is 2.96. The van der Waals surface area contributed by atoms with Crippen molar-refractivity contribution in [2.45, 2.75) is 23.5 Å². The van der Waals surface area contributed by atoms with E-state index >= 15 is 0 Å². The topological polar surface area (TPSA) is 51.0 Å². The Kier molecular flexibility index (Phi) is 3.34. The largest absolute Gasteiger partial charge is 0.339 e. The van der Waals surface area contributed by atoms with Crippen LogP contribution < -0.4 is 5.32 Å². The zero-order valence-electron chi connectivity index (χ0n) is 10.2. The van der Waals surface area contributed by atoms with E-state index in [2.05, 4.69) is 39.7 Å². The Labute approximate surface area is 110 Å². The minimum atomic E-state index is 0.598. The fraction of sp³-hybridized carbons (Fsp3) is 0.385. The van der Waals surface area contributed by atoms with Crippen LogP contribution in [0.25, 0.3) is 11.4 Å².